The SMILES string of the molecule is Cc1ccc(N(C(F)(F)F)C(F)(F)F)cc1. The highest BCUT2D eigenvalue weighted by molar-refractivity contribution is 5.49. The van der Waals surface area contributed by atoms with E-state index in [1.807, 2.05) is 0 Å². The molecule has 0 amide bonds. The summed E-state index contributed by atoms with van der Waals surface area (Å²) in [6.07, 6.45) is -11.0. The van der Waals surface area contributed by atoms with Crippen molar-refractivity contribution in [1.29, 1.82) is 0 Å². The second-order valence-electron chi connectivity index (χ2n) is 3.11. The third kappa shape index (κ3) is 2.80. The molecule has 90 valence electrons. The average molecular weight is 243 g/mol. The maximum atomic E-state index is 12.2. The Balaban J connectivity index is 3.18. The number of aryl methyl sites for hydroxylation is 1. The van der Waals surface area contributed by atoms with Crippen molar-refractivity contribution < 1.29 is 26.3 Å². The van der Waals surface area contributed by atoms with Crippen LogP contribution in [0.5, 0.6) is 0 Å². The first kappa shape index (κ1) is 12.7. The highest BCUT2D eigenvalue weighted by Crippen LogP contribution is 2.38. The number of benzene rings is 1. The number of hydrogen-bond acceptors (Lipinski definition) is 1. The molecular weight excluding hydrogens is 236 g/mol. The van der Waals surface area contributed by atoms with Crippen molar-refractivity contribution in [2.24, 2.45) is 0 Å². The standard InChI is InChI=1S/C9H7F6N/c1-6-2-4-7(5-3-6)16(8(10,11)12)9(13,14)15/h2-5H,1H3. The molecule has 7 heteroatoms. The van der Waals surface area contributed by atoms with Gasteiger partial charge < -0.3 is 0 Å². The van der Waals surface area contributed by atoms with Crippen LogP contribution in [0.3, 0.4) is 0 Å². The first-order valence-corrected chi connectivity index (χ1v) is 4.13. The van der Waals surface area contributed by atoms with Gasteiger partial charge in [-0.25, -0.2) is 0 Å². The van der Waals surface area contributed by atoms with E-state index in [9.17, 15) is 26.3 Å². The van der Waals surface area contributed by atoms with Gasteiger partial charge in [-0.1, -0.05) is 17.7 Å². The van der Waals surface area contributed by atoms with Crippen molar-refractivity contribution in [3.8, 4) is 0 Å². The van der Waals surface area contributed by atoms with Gasteiger partial charge in [0.05, 0.1) is 5.69 Å². The maximum Gasteiger partial charge on any atom is 0.491 e. The lowest BCUT2D eigenvalue weighted by Crippen LogP contribution is -2.48. The molecule has 0 N–H and O–H groups in total. The third-order valence-corrected chi connectivity index (χ3v) is 1.80. The van der Waals surface area contributed by atoms with E-state index < -0.39 is 23.2 Å². The van der Waals surface area contributed by atoms with Crippen LogP contribution in [-0.2, 0) is 0 Å². The maximum absolute atomic E-state index is 12.2. The minimum absolute atomic E-state index is 0.577. The van der Waals surface area contributed by atoms with Gasteiger partial charge in [-0.05, 0) is 19.1 Å². The fourth-order valence-corrected chi connectivity index (χ4v) is 1.13. The molecule has 16 heavy (non-hydrogen) atoms. The van der Waals surface area contributed by atoms with E-state index in [1.165, 1.54) is 12.1 Å². The summed E-state index contributed by atoms with van der Waals surface area (Å²) in [5.74, 6) is 0. The van der Waals surface area contributed by atoms with Crippen molar-refractivity contribution in [2.45, 2.75) is 19.5 Å². The molecule has 0 aromatic heterocycles. The summed E-state index contributed by atoms with van der Waals surface area (Å²) < 4.78 is 73.2. The van der Waals surface area contributed by atoms with Gasteiger partial charge >= 0.3 is 12.6 Å². The number of halogens is 6. The predicted octanol–water partition coefficient (Wildman–Crippen LogP) is 3.84. The molecule has 1 rings (SSSR count). The Bertz CT molecular complexity index is 336. The Morgan fingerprint density at radius 3 is 1.50 bits per heavy atom. The molecular formula is C9H7F6N. The molecule has 0 heterocycles. The second kappa shape index (κ2) is 3.88. The quantitative estimate of drug-likeness (QED) is 0.535. The van der Waals surface area contributed by atoms with Crippen LogP contribution in [0.1, 0.15) is 5.56 Å². The Morgan fingerprint density at radius 1 is 0.812 bits per heavy atom. The first-order chi connectivity index (χ1) is 7.12. The zero-order valence-electron chi connectivity index (χ0n) is 8.02. The summed E-state index contributed by atoms with van der Waals surface area (Å²) in [4.78, 5) is -1.53. The van der Waals surface area contributed by atoms with E-state index in [0.717, 1.165) is 12.1 Å². The highest BCUT2D eigenvalue weighted by atomic mass is 19.4. The van der Waals surface area contributed by atoms with E-state index in [4.69, 9.17) is 0 Å². The molecule has 0 bridgehead atoms. The van der Waals surface area contributed by atoms with Crippen molar-refractivity contribution in [2.75, 3.05) is 4.90 Å². The summed E-state index contributed by atoms with van der Waals surface area (Å²) >= 11 is 0. The van der Waals surface area contributed by atoms with E-state index in [2.05, 4.69) is 0 Å². The number of nitrogens with zero attached hydrogens (tertiary/aromatic N) is 1. The average Bonchev–Trinajstić information content (AvgIpc) is 2.03. The molecule has 0 aliphatic heterocycles. The van der Waals surface area contributed by atoms with Gasteiger partial charge in [0, 0.05) is 0 Å². The molecule has 1 aromatic rings. The molecule has 0 aliphatic rings. The summed E-state index contributed by atoms with van der Waals surface area (Å²) in [7, 11) is 0. The predicted molar refractivity (Wildman–Crippen MR) is 45.8 cm³/mol. The molecule has 0 aliphatic carbocycles. The minimum Gasteiger partial charge on any atom is -0.194 e. The van der Waals surface area contributed by atoms with Crippen LogP contribution in [0, 0.1) is 6.92 Å². The highest BCUT2D eigenvalue weighted by Gasteiger charge is 2.53. The number of rotatable bonds is 1. The Kier molecular flexibility index (Phi) is 3.07. The van der Waals surface area contributed by atoms with E-state index in [-0.39, 0.29) is 0 Å². The van der Waals surface area contributed by atoms with E-state index >= 15 is 0 Å². The van der Waals surface area contributed by atoms with Crippen molar-refractivity contribution in [3.63, 3.8) is 0 Å². The van der Waals surface area contributed by atoms with Crippen LogP contribution in [-0.4, -0.2) is 12.6 Å². The topological polar surface area (TPSA) is 3.24 Å². The molecule has 0 spiro atoms. The molecule has 0 atom stereocenters. The van der Waals surface area contributed by atoms with Gasteiger partial charge in [-0.2, -0.15) is 4.90 Å². The summed E-state index contributed by atoms with van der Waals surface area (Å²) in [6, 6.07) is 3.91. The molecule has 0 radical (unpaired) electrons. The molecule has 0 unspecified atom stereocenters. The Morgan fingerprint density at radius 2 is 1.19 bits per heavy atom. The minimum atomic E-state index is -5.49. The van der Waals surface area contributed by atoms with Crippen LogP contribution >= 0.6 is 0 Å². The zero-order valence-corrected chi connectivity index (χ0v) is 8.02. The van der Waals surface area contributed by atoms with Gasteiger partial charge in [-0.15, -0.1) is 26.3 Å². The summed E-state index contributed by atoms with van der Waals surface area (Å²) in [5.41, 5.74) is -0.376. The largest absolute Gasteiger partial charge is 0.491 e. The van der Waals surface area contributed by atoms with Gasteiger partial charge in [0.15, 0.2) is 0 Å². The van der Waals surface area contributed by atoms with Crippen molar-refractivity contribution >= 4 is 5.69 Å². The molecule has 0 saturated carbocycles. The first-order valence-electron chi connectivity index (χ1n) is 4.13. The lowest BCUT2D eigenvalue weighted by atomic mass is 10.2. The lowest BCUT2D eigenvalue weighted by molar-refractivity contribution is -0.226. The van der Waals surface area contributed by atoms with E-state index in [0.29, 0.717) is 5.56 Å². The molecule has 0 fully saturated rings. The number of hydrogen-bond donors (Lipinski definition) is 0. The zero-order chi connectivity index (χ0) is 12.6. The Hall–Kier alpha value is -1.40. The van der Waals surface area contributed by atoms with Crippen LogP contribution in [0.4, 0.5) is 32.0 Å². The third-order valence-electron chi connectivity index (χ3n) is 1.80. The van der Waals surface area contributed by atoms with Crippen molar-refractivity contribution in [3.05, 3.63) is 29.8 Å². The normalized spacial score (nSPS) is 12.7. The van der Waals surface area contributed by atoms with Gasteiger partial charge in [0.2, 0.25) is 0 Å². The molecule has 1 nitrogen and oxygen atoms in total. The van der Waals surface area contributed by atoms with Crippen LogP contribution in [0.2, 0.25) is 0 Å². The lowest BCUT2D eigenvalue weighted by Gasteiger charge is -2.28. The fraction of sp³-hybridized carbons (Fsp3) is 0.333. The van der Waals surface area contributed by atoms with Gasteiger partial charge in [0.25, 0.3) is 0 Å². The smallest absolute Gasteiger partial charge is 0.194 e. The monoisotopic (exact) mass is 243 g/mol. The molecule has 0 saturated heterocycles. The number of alkyl halides is 6. The number of anilines is 1. The van der Waals surface area contributed by atoms with E-state index in [1.54, 1.807) is 6.92 Å². The van der Waals surface area contributed by atoms with Crippen LogP contribution in [0.15, 0.2) is 24.3 Å². The summed E-state index contributed by atoms with van der Waals surface area (Å²) in [6.45, 7) is 1.56. The molecule has 1 aromatic carbocycles. The fourth-order valence-electron chi connectivity index (χ4n) is 1.13. The summed E-state index contributed by atoms with van der Waals surface area (Å²) in [5, 5.41) is 0. The van der Waals surface area contributed by atoms with Crippen LogP contribution < -0.4 is 4.90 Å². The van der Waals surface area contributed by atoms with Crippen LogP contribution in [0.25, 0.3) is 0 Å². The second-order valence-corrected chi connectivity index (χ2v) is 3.11. The van der Waals surface area contributed by atoms with Gasteiger partial charge in [0.1, 0.15) is 0 Å². The van der Waals surface area contributed by atoms with Crippen molar-refractivity contribution in [1.82, 2.24) is 0 Å². The van der Waals surface area contributed by atoms with Gasteiger partial charge in [-0.3, -0.25) is 0 Å². The Labute approximate surface area is 87.3 Å².